The molecule has 2 N–H and O–H groups in total. The second-order valence-electron chi connectivity index (χ2n) is 3.89. The van der Waals surface area contributed by atoms with Crippen LogP contribution >= 0.6 is 0 Å². The van der Waals surface area contributed by atoms with Crippen molar-refractivity contribution in [3.8, 4) is 0 Å². The molecule has 2 heteroatoms. The Labute approximate surface area is 79.2 Å². The van der Waals surface area contributed by atoms with Crippen molar-refractivity contribution in [2.24, 2.45) is 11.7 Å². The third kappa shape index (κ3) is 1.89. The molecule has 0 radical (unpaired) electrons. The molecule has 2 rings (SSSR count). The number of aromatic nitrogens is 1. The van der Waals surface area contributed by atoms with Gasteiger partial charge in [0.05, 0.1) is 0 Å². The first kappa shape index (κ1) is 8.70. The fraction of sp³-hybridized carbons (Fsp3) is 0.545. The van der Waals surface area contributed by atoms with Crippen LogP contribution in [0.15, 0.2) is 24.5 Å². The van der Waals surface area contributed by atoms with Crippen LogP contribution in [-0.2, 0) is 0 Å². The molecule has 0 bridgehead atoms. The van der Waals surface area contributed by atoms with Crippen molar-refractivity contribution in [1.82, 2.24) is 4.98 Å². The molecule has 2 atom stereocenters. The normalized spacial score (nSPS) is 27.8. The lowest BCUT2D eigenvalue weighted by atomic mass is 9.97. The standard InChI is InChI=1S/C11H16N2/c12-8-9-1-2-11(7-9)10-3-5-13-6-4-10/h3-6,9,11H,1-2,7-8,12H2. The van der Waals surface area contributed by atoms with Gasteiger partial charge in [-0.1, -0.05) is 0 Å². The molecule has 0 aliphatic heterocycles. The van der Waals surface area contributed by atoms with E-state index in [-0.39, 0.29) is 0 Å². The summed E-state index contributed by atoms with van der Waals surface area (Å²) in [6, 6.07) is 4.26. The van der Waals surface area contributed by atoms with Crippen LogP contribution in [0.1, 0.15) is 30.7 Å². The second-order valence-corrected chi connectivity index (χ2v) is 3.89. The van der Waals surface area contributed by atoms with E-state index < -0.39 is 0 Å². The van der Waals surface area contributed by atoms with E-state index >= 15 is 0 Å². The van der Waals surface area contributed by atoms with Crippen molar-refractivity contribution >= 4 is 0 Å². The predicted molar refractivity (Wildman–Crippen MR) is 53.4 cm³/mol. The Morgan fingerprint density at radius 1 is 1.31 bits per heavy atom. The second kappa shape index (κ2) is 3.88. The molecular weight excluding hydrogens is 160 g/mol. The first-order valence-electron chi connectivity index (χ1n) is 5.00. The lowest BCUT2D eigenvalue weighted by Crippen LogP contribution is -2.10. The van der Waals surface area contributed by atoms with Crippen LogP contribution in [0.5, 0.6) is 0 Å². The lowest BCUT2D eigenvalue weighted by Gasteiger charge is -2.09. The van der Waals surface area contributed by atoms with Crippen LogP contribution < -0.4 is 5.73 Å². The van der Waals surface area contributed by atoms with E-state index in [4.69, 9.17) is 5.73 Å². The summed E-state index contributed by atoms with van der Waals surface area (Å²) in [6.07, 6.45) is 7.62. The van der Waals surface area contributed by atoms with Gasteiger partial charge in [0.2, 0.25) is 0 Å². The molecule has 1 fully saturated rings. The van der Waals surface area contributed by atoms with Crippen LogP contribution in [0.2, 0.25) is 0 Å². The predicted octanol–water partition coefficient (Wildman–Crippen LogP) is 1.92. The van der Waals surface area contributed by atoms with Crippen molar-refractivity contribution in [3.05, 3.63) is 30.1 Å². The molecule has 0 aromatic carbocycles. The smallest absolute Gasteiger partial charge is 0.0270 e. The highest BCUT2D eigenvalue weighted by Crippen LogP contribution is 2.37. The quantitative estimate of drug-likeness (QED) is 0.747. The Bertz CT molecular complexity index is 258. The van der Waals surface area contributed by atoms with Gasteiger partial charge >= 0.3 is 0 Å². The number of rotatable bonds is 2. The lowest BCUT2D eigenvalue weighted by molar-refractivity contribution is 0.551. The van der Waals surface area contributed by atoms with Gasteiger partial charge in [-0.2, -0.15) is 0 Å². The summed E-state index contributed by atoms with van der Waals surface area (Å²) in [5.41, 5.74) is 7.10. The molecule has 0 saturated heterocycles. The third-order valence-corrected chi connectivity index (χ3v) is 3.05. The minimum Gasteiger partial charge on any atom is -0.330 e. The number of hydrogen-bond donors (Lipinski definition) is 1. The fourth-order valence-electron chi connectivity index (χ4n) is 2.23. The summed E-state index contributed by atoms with van der Waals surface area (Å²) < 4.78 is 0. The van der Waals surface area contributed by atoms with Crippen LogP contribution in [0.3, 0.4) is 0 Å². The maximum atomic E-state index is 5.66. The van der Waals surface area contributed by atoms with Gasteiger partial charge in [0.15, 0.2) is 0 Å². The maximum Gasteiger partial charge on any atom is 0.0270 e. The maximum absolute atomic E-state index is 5.66. The highest BCUT2D eigenvalue weighted by atomic mass is 14.6. The Morgan fingerprint density at radius 3 is 2.69 bits per heavy atom. The van der Waals surface area contributed by atoms with Crippen LogP contribution in [-0.4, -0.2) is 11.5 Å². The third-order valence-electron chi connectivity index (χ3n) is 3.05. The molecule has 1 saturated carbocycles. The molecule has 1 aromatic rings. The summed E-state index contributed by atoms with van der Waals surface area (Å²) >= 11 is 0. The summed E-state index contributed by atoms with van der Waals surface area (Å²) in [5.74, 6) is 1.48. The van der Waals surface area contributed by atoms with Gasteiger partial charge in [-0.3, -0.25) is 4.98 Å². The summed E-state index contributed by atoms with van der Waals surface area (Å²) in [5, 5.41) is 0. The van der Waals surface area contributed by atoms with Crippen LogP contribution in [0.25, 0.3) is 0 Å². The van der Waals surface area contributed by atoms with Gasteiger partial charge < -0.3 is 5.73 Å². The average molecular weight is 176 g/mol. The van der Waals surface area contributed by atoms with Crippen molar-refractivity contribution in [3.63, 3.8) is 0 Å². The monoisotopic (exact) mass is 176 g/mol. The summed E-state index contributed by atoms with van der Waals surface area (Å²) in [4.78, 5) is 4.03. The first-order valence-corrected chi connectivity index (χ1v) is 5.00. The topological polar surface area (TPSA) is 38.9 Å². The summed E-state index contributed by atoms with van der Waals surface area (Å²) in [6.45, 7) is 0.849. The Balaban J connectivity index is 2.04. The van der Waals surface area contributed by atoms with Gasteiger partial charge in [0.25, 0.3) is 0 Å². The summed E-state index contributed by atoms with van der Waals surface area (Å²) in [7, 11) is 0. The van der Waals surface area contributed by atoms with E-state index in [9.17, 15) is 0 Å². The van der Waals surface area contributed by atoms with E-state index in [0.29, 0.717) is 0 Å². The molecule has 2 nitrogen and oxygen atoms in total. The molecular formula is C11H16N2. The zero-order chi connectivity index (χ0) is 9.10. The molecule has 0 spiro atoms. The largest absolute Gasteiger partial charge is 0.330 e. The minimum absolute atomic E-state index is 0.733. The van der Waals surface area contributed by atoms with Crippen molar-refractivity contribution in [2.45, 2.75) is 25.2 Å². The molecule has 1 heterocycles. The van der Waals surface area contributed by atoms with E-state index in [0.717, 1.165) is 18.4 Å². The van der Waals surface area contributed by atoms with Gasteiger partial charge in [-0.05, 0) is 55.3 Å². The number of nitrogens with zero attached hydrogens (tertiary/aromatic N) is 1. The molecule has 1 aliphatic rings. The fourth-order valence-corrected chi connectivity index (χ4v) is 2.23. The van der Waals surface area contributed by atoms with E-state index in [2.05, 4.69) is 17.1 Å². The van der Waals surface area contributed by atoms with Crippen molar-refractivity contribution in [2.75, 3.05) is 6.54 Å². The van der Waals surface area contributed by atoms with E-state index in [1.807, 2.05) is 12.4 Å². The Morgan fingerprint density at radius 2 is 2.08 bits per heavy atom. The highest BCUT2D eigenvalue weighted by molar-refractivity contribution is 5.17. The van der Waals surface area contributed by atoms with Crippen LogP contribution in [0, 0.1) is 5.92 Å². The Kier molecular flexibility index (Phi) is 2.60. The van der Waals surface area contributed by atoms with Gasteiger partial charge in [-0.25, -0.2) is 0 Å². The molecule has 1 aliphatic carbocycles. The average Bonchev–Trinajstić information content (AvgIpc) is 2.67. The van der Waals surface area contributed by atoms with Gasteiger partial charge in [0, 0.05) is 12.4 Å². The van der Waals surface area contributed by atoms with Crippen molar-refractivity contribution < 1.29 is 0 Å². The first-order chi connectivity index (χ1) is 6.40. The van der Waals surface area contributed by atoms with Gasteiger partial charge in [0.1, 0.15) is 0 Å². The number of pyridine rings is 1. The van der Waals surface area contributed by atoms with Gasteiger partial charge in [-0.15, -0.1) is 0 Å². The van der Waals surface area contributed by atoms with Crippen LogP contribution in [0.4, 0.5) is 0 Å². The molecule has 1 aromatic heterocycles. The zero-order valence-electron chi connectivity index (χ0n) is 7.82. The van der Waals surface area contributed by atoms with E-state index in [1.165, 1.54) is 24.8 Å². The zero-order valence-corrected chi connectivity index (χ0v) is 7.82. The number of nitrogens with two attached hydrogens (primary N) is 1. The minimum atomic E-state index is 0.733. The SMILES string of the molecule is NCC1CCC(c2ccncc2)C1. The number of hydrogen-bond acceptors (Lipinski definition) is 2. The molecule has 70 valence electrons. The van der Waals surface area contributed by atoms with E-state index in [1.54, 1.807) is 0 Å². The molecule has 2 unspecified atom stereocenters. The molecule has 0 amide bonds. The highest BCUT2D eigenvalue weighted by Gasteiger charge is 2.24. The Hall–Kier alpha value is -0.890. The van der Waals surface area contributed by atoms with Crippen molar-refractivity contribution in [1.29, 1.82) is 0 Å². The molecule has 13 heavy (non-hydrogen) atoms.